The lowest BCUT2D eigenvalue weighted by molar-refractivity contribution is -0.119. The van der Waals surface area contributed by atoms with E-state index in [4.69, 9.17) is 16.3 Å². The molecule has 1 amide bonds. The van der Waals surface area contributed by atoms with E-state index < -0.39 is 18.5 Å². The van der Waals surface area contributed by atoms with Crippen LogP contribution >= 0.6 is 11.6 Å². The summed E-state index contributed by atoms with van der Waals surface area (Å²) >= 11 is 5.71. The highest BCUT2D eigenvalue weighted by atomic mass is 35.5. The van der Waals surface area contributed by atoms with Crippen molar-refractivity contribution in [2.75, 3.05) is 11.9 Å². The predicted molar refractivity (Wildman–Crippen MR) is 93.8 cm³/mol. The smallest absolute Gasteiger partial charge is 0.342 e. The Balaban J connectivity index is 1.65. The highest BCUT2D eigenvalue weighted by Gasteiger charge is 2.16. The second-order valence-corrected chi connectivity index (χ2v) is 5.61. The molecule has 1 aromatic heterocycles. The van der Waals surface area contributed by atoms with Crippen LogP contribution in [-0.4, -0.2) is 28.6 Å². The fourth-order valence-electron chi connectivity index (χ4n) is 2.26. The number of aromatic nitrogens is 1. The molecule has 0 aliphatic rings. The Morgan fingerprint density at radius 3 is 2.68 bits per heavy atom. The van der Waals surface area contributed by atoms with Gasteiger partial charge in [0, 0.05) is 11.6 Å². The van der Waals surface area contributed by atoms with Crippen LogP contribution in [0.1, 0.15) is 10.4 Å². The number of phenols is 1. The molecule has 0 bridgehead atoms. The number of benzene rings is 2. The molecule has 0 unspecified atom stereocenters. The van der Waals surface area contributed by atoms with Crippen LogP contribution < -0.4 is 5.32 Å². The molecule has 0 radical (unpaired) electrons. The monoisotopic (exact) mass is 356 g/mol. The summed E-state index contributed by atoms with van der Waals surface area (Å²) in [6.07, 6.45) is 1.39. The molecular weight excluding hydrogens is 344 g/mol. The van der Waals surface area contributed by atoms with E-state index in [1.807, 2.05) is 12.1 Å². The number of esters is 1. The summed E-state index contributed by atoms with van der Waals surface area (Å²) in [6, 6.07) is 13.3. The Morgan fingerprint density at radius 1 is 1.12 bits per heavy atom. The number of carbonyl (C=O) groups is 2. The first-order valence-corrected chi connectivity index (χ1v) is 7.71. The third-order valence-electron chi connectivity index (χ3n) is 3.45. The van der Waals surface area contributed by atoms with Crippen LogP contribution in [-0.2, 0) is 9.53 Å². The number of nitrogens with zero attached hydrogens (tertiary/aromatic N) is 1. The van der Waals surface area contributed by atoms with Gasteiger partial charge in [0.25, 0.3) is 5.91 Å². The van der Waals surface area contributed by atoms with Gasteiger partial charge in [0.2, 0.25) is 0 Å². The number of ether oxygens (including phenoxy) is 1. The van der Waals surface area contributed by atoms with Crippen molar-refractivity contribution in [2.24, 2.45) is 0 Å². The number of halogens is 1. The topological polar surface area (TPSA) is 88.5 Å². The maximum atomic E-state index is 12.1. The fourth-order valence-corrected chi connectivity index (χ4v) is 2.37. The lowest BCUT2D eigenvalue weighted by Crippen LogP contribution is -2.21. The van der Waals surface area contributed by atoms with E-state index in [9.17, 15) is 14.7 Å². The Hall–Kier alpha value is -3.12. The number of carbonyl (C=O) groups excluding carboxylic acids is 2. The van der Waals surface area contributed by atoms with Gasteiger partial charge in [0.15, 0.2) is 6.61 Å². The van der Waals surface area contributed by atoms with E-state index in [1.54, 1.807) is 24.3 Å². The number of phenolic OH excluding ortho intramolecular Hbond substituents is 1. The molecule has 0 spiro atoms. The molecule has 2 aromatic carbocycles. The average Bonchev–Trinajstić information content (AvgIpc) is 2.62. The normalized spacial score (nSPS) is 10.4. The number of hydrogen-bond donors (Lipinski definition) is 2. The molecule has 0 aliphatic carbocycles. The molecule has 3 aromatic rings. The number of amides is 1. The van der Waals surface area contributed by atoms with E-state index in [0.717, 1.165) is 5.39 Å². The molecule has 0 atom stereocenters. The van der Waals surface area contributed by atoms with Crippen LogP contribution in [0.5, 0.6) is 5.75 Å². The third kappa shape index (κ3) is 3.87. The summed E-state index contributed by atoms with van der Waals surface area (Å²) in [4.78, 5) is 27.8. The van der Waals surface area contributed by atoms with Crippen LogP contribution in [0, 0.1) is 0 Å². The molecule has 126 valence electrons. The van der Waals surface area contributed by atoms with Crippen molar-refractivity contribution < 1.29 is 19.4 Å². The zero-order chi connectivity index (χ0) is 17.8. The lowest BCUT2D eigenvalue weighted by Gasteiger charge is -2.09. The van der Waals surface area contributed by atoms with Crippen molar-refractivity contribution >= 4 is 40.1 Å². The zero-order valence-electron chi connectivity index (χ0n) is 12.9. The van der Waals surface area contributed by atoms with Gasteiger partial charge in [-0.2, -0.15) is 0 Å². The largest absolute Gasteiger partial charge is 0.506 e. The van der Waals surface area contributed by atoms with Gasteiger partial charge < -0.3 is 15.2 Å². The molecule has 0 saturated carbocycles. The first kappa shape index (κ1) is 16.7. The quantitative estimate of drug-likeness (QED) is 0.699. The van der Waals surface area contributed by atoms with Gasteiger partial charge in [-0.05, 0) is 23.6 Å². The average molecular weight is 357 g/mol. The van der Waals surface area contributed by atoms with Gasteiger partial charge in [0.05, 0.1) is 5.02 Å². The zero-order valence-corrected chi connectivity index (χ0v) is 13.7. The summed E-state index contributed by atoms with van der Waals surface area (Å²) in [7, 11) is 0. The van der Waals surface area contributed by atoms with Gasteiger partial charge in [0.1, 0.15) is 17.1 Å². The number of fused-ring (bicyclic) bond motifs is 1. The Morgan fingerprint density at radius 2 is 1.92 bits per heavy atom. The van der Waals surface area contributed by atoms with E-state index in [2.05, 4.69) is 10.3 Å². The summed E-state index contributed by atoms with van der Waals surface area (Å²) < 4.78 is 4.95. The third-order valence-corrected chi connectivity index (χ3v) is 3.67. The second kappa shape index (κ2) is 7.19. The maximum absolute atomic E-state index is 12.1. The second-order valence-electron chi connectivity index (χ2n) is 5.17. The van der Waals surface area contributed by atoms with Gasteiger partial charge in [-0.25, -0.2) is 9.78 Å². The van der Waals surface area contributed by atoms with Crippen molar-refractivity contribution in [3.63, 3.8) is 0 Å². The Labute approximate surface area is 148 Å². The number of aromatic hydroxyl groups is 1. The summed E-state index contributed by atoms with van der Waals surface area (Å²) in [5.74, 6) is -1.23. The number of pyridine rings is 1. The number of rotatable bonds is 4. The lowest BCUT2D eigenvalue weighted by atomic mass is 10.1. The van der Waals surface area contributed by atoms with Crippen molar-refractivity contribution in [3.05, 3.63) is 65.3 Å². The molecule has 6 nitrogen and oxygen atoms in total. The summed E-state index contributed by atoms with van der Waals surface area (Å²) in [5.41, 5.74) is -0.00359. The minimum Gasteiger partial charge on any atom is -0.506 e. The minimum absolute atomic E-state index is 0.00359. The molecule has 0 aliphatic heterocycles. The molecule has 0 fully saturated rings. The molecular formula is C18H13ClN2O4. The highest BCUT2D eigenvalue weighted by molar-refractivity contribution is 6.30. The molecule has 0 saturated heterocycles. The molecule has 25 heavy (non-hydrogen) atoms. The summed E-state index contributed by atoms with van der Waals surface area (Å²) in [5, 5.41) is 14.5. The standard InChI is InChI=1S/C18H13ClN2O4/c19-12-6-8-15(20-9-12)21-16(22)10-25-18(24)14-7-5-11-3-1-2-4-13(11)17(14)23/h1-9,23H,10H2,(H,20,21,22). The van der Waals surface area contributed by atoms with Gasteiger partial charge in [-0.15, -0.1) is 0 Å². The van der Waals surface area contributed by atoms with Crippen molar-refractivity contribution in [1.29, 1.82) is 0 Å². The van der Waals surface area contributed by atoms with E-state index in [1.165, 1.54) is 18.3 Å². The van der Waals surface area contributed by atoms with Crippen molar-refractivity contribution in [3.8, 4) is 5.75 Å². The maximum Gasteiger partial charge on any atom is 0.342 e. The van der Waals surface area contributed by atoms with Gasteiger partial charge in [-0.1, -0.05) is 41.9 Å². The first-order chi connectivity index (χ1) is 12.0. The summed E-state index contributed by atoms with van der Waals surface area (Å²) in [6.45, 7) is -0.505. The Kier molecular flexibility index (Phi) is 4.81. The number of hydrogen-bond acceptors (Lipinski definition) is 5. The van der Waals surface area contributed by atoms with E-state index in [0.29, 0.717) is 16.2 Å². The van der Waals surface area contributed by atoms with Crippen molar-refractivity contribution in [1.82, 2.24) is 4.98 Å². The van der Waals surface area contributed by atoms with Crippen LogP contribution in [0.2, 0.25) is 5.02 Å². The van der Waals surface area contributed by atoms with Crippen LogP contribution in [0.25, 0.3) is 10.8 Å². The number of nitrogens with one attached hydrogen (secondary N) is 1. The van der Waals surface area contributed by atoms with E-state index in [-0.39, 0.29) is 11.3 Å². The number of anilines is 1. The van der Waals surface area contributed by atoms with Crippen molar-refractivity contribution in [2.45, 2.75) is 0 Å². The van der Waals surface area contributed by atoms with Crippen LogP contribution in [0.4, 0.5) is 5.82 Å². The molecule has 1 heterocycles. The van der Waals surface area contributed by atoms with Gasteiger partial charge >= 0.3 is 5.97 Å². The predicted octanol–water partition coefficient (Wildman–Crippen LogP) is 3.39. The Bertz CT molecular complexity index is 941. The fraction of sp³-hybridized carbons (Fsp3) is 0.0556. The molecule has 7 heteroatoms. The van der Waals surface area contributed by atoms with Gasteiger partial charge in [-0.3, -0.25) is 4.79 Å². The molecule has 3 rings (SSSR count). The van der Waals surface area contributed by atoms with Crippen LogP contribution in [0.3, 0.4) is 0 Å². The van der Waals surface area contributed by atoms with E-state index >= 15 is 0 Å². The molecule has 2 N–H and O–H groups in total. The minimum atomic E-state index is -0.789. The SMILES string of the molecule is O=C(COC(=O)c1ccc2ccccc2c1O)Nc1ccc(Cl)cn1. The van der Waals surface area contributed by atoms with Crippen LogP contribution in [0.15, 0.2) is 54.7 Å². The first-order valence-electron chi connectivity index (χ1n) is 7.34. The highest BCUT2D eigenvalue weighted by Crippen LogP contribution is 2.28.